The lowest BCUT2D eigenvalue weighted by Gasteiger charge is -2.43. The second kappa shape index (κ2) is 9.68. The van der Waals surface area contributed by atoms with Crippen LogP contribution in [0.5, 0.6) is 0 Å². The van der Waals surface area contributed by atoms with Gasteiger partial charge < -0.3 is 25.4 Å². The van der Waals surface area contributed by atoms with E-state index in [1.54, 1.807) is 12.2 Å². The fourth-order valence-corrected chi connectivity index (χ4v) is 4.58. The molecule has 3 aliphatic heterocycles. The minimum absolute atomic E-state index is 0.0315. The Kier molecular flexibility index (Phi) is 6.84. The Morgan fingerprint density at radius 2 is 1.83 bits per heavy atom. The lowest BCUT2D eigenvalue weighted by molar-refractivity contribution is -0.156. The van der Waals surface area contributed by atoms with E-state index >= 15 is 0 Å². The lowest BCUT2D eigenvalue weighted by atomic mass is 9.89. The number of hydrogen-bond donors (Lipinski definition) is 3. The van der Waals surface area contributed by atoms with Crippen molar-refractivity contribution in [3.63, 3.8) is 0 Å². The average Bonchev–Trinajstić information content (AvgIpc) is 3.10. The van der Waals surface area contributed by atoms with E-state index in [0.29, 0.717) is 6.42 Å². The van der Waals surface area contributed by atoms with E-state index in [4.69, 9.17) is 0 Å². The van der Waals surface area contributed by atoms with Gasteiger partial charge in [0.1, 0.15) is 23.9 Å². The first-order valence-electron chi connectivity index (χ1n) is 11.1. The second-order valence-electron chi connectivity index (χ2n) is 8.78. The summed E-state index contributed by atoms with van der Waals surface area (Å²) in [5.74, 6) is -2.18. The van der Waals surface area contributed by atoms with E-state index in [9.17, 15) is 37.5 Å². The average molecular weight is 495 g/mol. The number of esters is 1. The van der Waals surface area contributed by atoms with Gasteiger partial charge in [0.15, 0.2) is 0 Å². The molecule has 0 saturated carbocycles. The summed E-state index contributed by atoms with van der Waals surface area (Å²) in [4.78, 5) is 51.8. The Bertz CT molecular complexity index is 1060. The molecule has 9 nitrogen and oxygen atoms in total. The van der Waals surface area contributed by atoms with Gasteiger partial charge in [-0.25, -0.2) is 0 Å². The van der Waals surface area contributed by atoms with Gasteiger partial charge >= 0.3 is 12.1 Å². The summed E-state index contributed by atoms with van der Waals surface area (Å²) in [6.07, 6.45) is -2.61. The first-order valence-corrected chi connectivity index (χ1v) is 11.1. The van der Waals surface area contributed by atoms with Gasteiger partial charge in [0.25, 0.3) is 0 Å². The van der Waals surface area contributed by atoms with E-state index in [1.165, 1.54) is 17.0 Å². The Labute approximate surface area is 198 Å². The lowest BCUT2D eigenvalue weighted by Crippen LogP contribution is -2.62. The molecule has 3 N–H and O–H groups in total. The molecule has 0 aromatic heterocycles. The van der Waals surface area contributed by atoms with Crippen molar-refractivity contribution in [3.8, 4) is 0 Å². The number of carbonyl (C=O) groups is 4. The van der Waals surface area contributed by atoms with Crippen molar-refractivity contribution in [2.45, 2.75) is 68.7 Å². The number of anilines is 1. The molecule has 2 saturated heterocycles. The van der Waals surface area contributed by atoms with Gasteiger partial charge in [-0.3, -0.25) is 19.2 Å². The zero-order valence-corrected chi connectivity index (χ0v) is 18.5. The van der Waals surface area contributed by atoms with Gasteiger partial charge in [-0.1, -0.05) is 18.2 Å². The number of aliphatic hydroxyl groups excluding tert-OH is 1. The van der Waals surface area contributed by atoms with Crippen molar-refractivity contribution >= 4 is 29.3 Å². The second-order valence-corrected chi connectivity index (χ2v) is 8.78. The summed E-state index contributed by atoms with van der Waals surface area (Å²) >= 11 is 0. The standard InChI is InChI=1S/C23H24F3N3O6/c24-23(25,26)12-4-3-5-13(8-12)27-16-7-2-1-6-14-9-15(30)10-18(29(14)21(16)33)20(32)28-17-11-19(31)35-22(17)34/h1-5,8,14,16-18,22,27,34H,6-7,9-11H2,(H,28,32)/t14-,16-,17?,18-,22?/m0/s1. The number of piperidine rings is 1. The fraction of sp³-hybridized carbons (Fsp3) is 0.478. The van der Waals surface area contributed by atoms with Crippen LogP contribution in [0.1, 0.15) is 37.7 Å². The number of ketones is 1. The number of nitrogens with zero attached hydrogens (tertiary/aromatic N) is 1. The maximum atomic E-state index is 13.6. The van der Waals surface area contributed by atoms with Crippen LogP contribution in [-0.4, -0.2) is 64.0 Å². The van der Waals surface area contributed by atoms with Crippen molar-refractivity contribution in [2.24, 2.45) is 0 Å². The maximum absolute atomic E-state index is 13.6. The van der Waals surface area contributed by atoms with Gasteiger partial charge in [0.2, 0.25) is 18.1 Å². The molecule has 3 heterocycles. The van der Waals surface area contributed by atoms with Gasteiger partial charge in [-0.2, -0.15) is 13.2 Å². The summed E-state index contributed by atoms with van der Waals surface area (Å²) in [6.45, 7) is 0. The van der Waals surface area contributed by atoms with Crippen LogP contribution in [0.3, 0.4) is 0 Å². The molecule has 188 valence electrons. The molecule has 0 spiro atoms. The number of alkyl halides is 3. The largest absolute Gasteiger partial charge is 0.434 e. The summed E-state index contributed by atoms with van der Waals surface area (Å²) in [6, 6.07) is 0.632. The van der Waals surface area contributed by atoms with E-state index in [0.717, 1.165) is 12.1 Å². The van der Waals surface area contributed by atoms with Gasteiger partial charge in [-0.05, 0) is 31.0 Å². The normalized spacial score (nSPS) is 29.2. The molecular weight excluding hydrogens is 471 g/mol. The number of halogens is 3. The molecule has 12 heteroatoms. The molecule has 2 unspecified atom stereocenters. The summed E-state index contributed by atoms with van der Waals surface area (Å²) < 4.78 is 44.0. The third kappa shape index (κ3) is 5.47. The molecule has 0 aliphatic carbocycles. The van der Waals surface area contributed by atoms with Crippen LogP contribution in [-0.2, 0) is 30.1 Å². The molecule has 5 atom stereocenters. The highest BCUT2D eigenvalue weighted by Gasteiger charge is 2.45. The molecule has 1 aromatic carbocycles. The summed E-state index contributed by atoms with van der Waals surface area (Å²) in [5, 5.41) is 15.1. The zero-order chi connectivity index (χ0) is 25.3. The third-order valence-electron chi connectivity index (χ3n) is 6.26. The molecule has 0 radical (unpaired) electrons. The predicted molar refractivity (Wildman–Crippen MR) is 115 cm³/mol. The number of cyclic esters (lactones) is 1. The molecule has 0 bridgehead atoms. The Balaban J connectivity index is 1.58. The summed E-state index contributed by atoms with van der Waals surface area (Å²) in [7, 11) is 0. The van der Waals surface area contributed by atoms with E-state index in [2.05, 4.69) is 15.4 Å². The molecule has 2 fully saturated rings. The SMILES string of the molecule is O=C1C[C@@H]2CC=CC[C@H](Nc3cccc(C(F)(F)F)c3)C(=O)N2[C@H](C(=O)NC2CC(=O)OC2O)C1. The number of hydrogen-bond acceptors (Lipinski definition) is 7. The molecule has 4 rings (SSSR count). The first-order chi connectivity index (χ1) is 16.5. The van der Waals surface area contributed by atoms with Crippen molar-refractivity contribution < 1.29 is 42.2 Å². The van der Waals surface area contributed by atoms with Crippen molar-refractivity contribution in [2.75, 3.05) is 5.32 Å². The van der Waals surface area contributed by atoms with Gasteiger partial charge in [-0.15, -0.1) is 0 Å². The number of nitrogens with one attached hydrogen (secondary N) is 2. The first kappa shape index (κ1) is 24.7. The quantitative estimate of drug-likeness (QED) is 0.427. The van der Waals surface area contributed by atoms with E-state index < -0.39 is 60.0 Å². The van der Waals surface area contributed by atoms with Crippen LogP contribution in [0.25, 0.3) is 0 Å². The molecule has 35 heavy (non-hydrogen) atoms. The predicted octanol–water partition coefficient (Wildman–Crippen LogP) is 1.51. The number of carbonyl (C=O) groups excluding carboxylic acids is 4. The van der Waals surface area contributed by atoms with E-state index in [-0.39, 0.29) is 37.2 Å². The number of rotatable bonds is 4. The Hall–Kier alpha value is -3.41. The van der Waals surface area contributed by atoms with Crippen LogP contribution in [0, 0.1) is 0 Å². The molecule has 2 amide bonds. The Morgan fingerprint density at radius 3 is 2.51 bits per heavy atom. The van der Waals surface area contributed by atoms with Gasteiger partial charge in [0.05, 0.1) is 12.0 Å². The summed E-state index contributed by atoms with van der Waals surface area (Å²) in [5.41, 5.74) is -0.788. The van der Waals surface area contributed by atoms with Gasteiger partial charge in [0, 0.05) is 24.6 Å². The highest BCUT2D eigenvalue weighted by molar-refractivity contribution is 5.97. The molecule has 1 aromatic rings. The van der Waals surface area contributed by atoms with Crippen molar-refractivity contribution in [1.82, 2.24) is 10.2 Å². The topological polar surface area (TPSA) is 125 Å². The fourth-order valence-electron chi connectivity index (χ4n) is 4.58. The van der Waals surface area contributed by atoms with Crippen LogP contribution in [0.15, 0.2) is 36.4 Å². The Morgan fingerprint density at radius 1 is 1.09 bits per heavy atom. The van der Waals surface area contributed by atoms with Crippen LogP contribution >= 0.6 is 0 Å². The highest BCUT2D eigenvalue weighted by Crippen LogP contribution is 2.32. The number of fused-ring (bicyclic) bond motifs is 1. The van der Waals surface area contributed by atoms with Crippen LogP contribution < -0.4 is 10.6 Å². The zero-order valence-electron chi connectivity index (χ0n) is 18.5. The number of aliphatic hydroxyl groups is 1. The van der Waals surface area contributed by atoms with Crippen LogP contribution in [0.4, 0.5) is 18.9 Å². The maximum Gasteiger partial charge on any atom is 0.416 e. The minimum Gasteiger partial charge on any atom is -0.434 e. The molecule has 3 aliphatic rings. The van der Waals surface area contributed by atoms with Crippen molar-refractivity contribution in [3.05, 3.63) is 42.0 Å². The molecular formula is C23H24F3N3O6. The van der Waals surface area contributed by atoms with Crippen molar-refractivity contribution in [1.29, 1.82) is 0 Å². The van der Waals surface area contributed by atoms with E-state index in [1.807, 2.05) is 0 Å². The number of Topliss-reactive ketones (excluding diaryl/α,β-unsaturated/α-hetero) is 1. The van der Waals surface area contributed by atoms with Crippen LogP contribution in [0.2, 0.25) is 0 Å². The number of benzene rings is 1. The number of amides is 2. The smallest absolute Gasteiger partial charge is 0.416 e. The number of ether oxygens (including phenoxy) is 1. The highest BCUT2D eigenvalue weighted by atomic mass is 19.4. The monoisotopic (exact) mass is 495 g/mol. The third-order valence-corrected chi connectivity index (χ3v) is 6.26. The minimum atomic E-state index is -4.56.